The molecule has 0 fully saturated rings. The molecule has 0 unspecified atom stereocenters. The predicted molar refractivity (Wildman–Crippen MR) is 61.6 cm³/mol. The van der Waals surface area contributed by atoms with E-state index in [1.807, 2.05) is 0 Å². The van der Waals surface area contributed by atoms with Crippen LogP contribution in [0.15, 0.2) is 46.5 Å². The minimum atomic E-state index is -0.946. The zero-order valence-corrected chi connectivity index (χ0v) is 9.48. The van der Waals surface area contributed by atoms with Crippen molar-refractivity contribution < 1.29 is 14.3 Å². The Hall–Kier alpha value is -2.01. The molecule has 0 radical (unpaired) electrons. The Morgan fingerprint density at radius 3 is 2.94 bits per heavy atom. The average molecular weight is 253 g/mol. The van der Waals surface area contributed by atoms with Crippen LogP contribution in [0.3, 0.4) is 0 Å². The van der Waals surface area contributed by atoms with E-state index < -0.39 is 6.09 Å². The van der Waals surface area contributed by atoms with Gasteiger partial charge in [0.25, 0.3) is 0 Å². The van der Waals surface area contributed by atoms with Gasteiger partial charge in [0.05, 0.1) is 17.2 Å². The summed E-state index contributed by atoms with van der Waals surface area (Å²) in [5, 5.41) is 0.562. The maximum absolute atomic E-state index is 10.9. The summed E-state index contributed by atoms with van der Waals surface area (Å²) in [6, 6.07) is 0. The lowest BCUT2D eigenvalue weighted by Crippen LogP contribution is -2.27. The lowest BCUT2D eigenvalue weighted by atomic mass is 10.1. The van der Waals surface area contributed by atoms with Crippen LogP contribution in [-0.2, 0) is 9.53 Å². The third-order valence-corrected chi connectivity index (χ3v) is 2.54. The Labute approximate surface area is 102 Å². The van der Waals surface area contributed by atoms with Crippen molar-refractivity contribution in [3.8, 4) is 0 Å². The molecule has 2 heterocycles. The number of allylic oxidation sites excluding steroid dienone is 4. The monoisotopic (exact) mass is 252 g/mol. The standard InChI is InChI=1S/C11H9ClN2O3/c12-8-1-2-9-3-10(17-11(13)16)7(6-15)4-14(9)5-8/h1-3,5-6H,4H2,(H2,13,16). The molecule has 0 bridgehead atoms. The van der Waals surface area contributed by atoms with Crippen molar-refractivity contribution in [2.75, 3.05) is 6.54 Å². The van der Waals surface area contributed by atoms with Gasteiger partial charge < -0.3 is 15.4 Å². The molecule has 1 amide bonds. The molecule has 0 aliphatic carbocycles. The molecule has 2 rings (SSSR count). The zero-order chi connectivity index (χ0) is 12.4. The highest BCUT2D eigenvalue weighted by molar-refractivity contribution is 6.31. The van der Waals surface area contributed by atoms with Crippen molar-refractivity contribution in [2.24, 2.45) is 5.73 Å². The lowest BCUT2D eigenvalue weighted by Gasteiger charge is -2.28. The topological polar surface area (TPSA) is 72.6 Å². The summed E-state index contributed by atoms with van der Waals surface area (Å²) in [7, 11) is 0. The maximum atomic E-state index is 10.9. The number of rotatable bonds is 2. The quantitative estimate of drug-likeness (QED) is 0.754. The van der Waals surface area contributed by atoms with Crippen LogP contribution in [0.2, 0.25) is 0 Å². The van der Waals surface area contributed by atoms with Gasteiger partial charge in [-0.05, 0) is 12.2 Å². The van der Waals surface area contributed by atoms with Crippen molar-refractivity contribution in [3.63, 3.8) is 0 Å². The van der Waals surface area contributed by atoms with Gasteiger partial charge in [-0.2, -0.15) is 0 Å². The van der Waals surface area contributed by atoms with E-state index in [0.29, 0.717) is 23.4 Å². The van der Waals surface area contributed by atoms with Gasteiger partial charge in [-0.15, -0.1) is 0 Å². The lowest BCUT2D eigenvalue weighted by molar-refractivity contribution is -0.105. The van der Waals surface area contributed by atoms with E-state index >= 15 is 0 Å². The second-order valence-corrected chi connectivity index (χ2v) is 3.91. The molecule has 0 aromatic heterocycles. The molecule has 0 atom stereocenters. The number of hydrogen-bond acceptors (Lipinski definition) is 4. The fraction of sp³-hybridized carbons (Fsp3) is 0.0909. The summed E-state index contributed by atoms with van der Waals surface area (Å²) in [6.07, 6.45) is 6.40. The van der Waals surface area contributed by atoms with Crippen molar-refractivity contribution in [1.29, 1.82) is 0 Å². The van der Waals surface area contributed by atoms with Gasteiger partial charge in [0, 0.05) is 18.0 Å². The van der Waals surface area contributed by atoms with Crippen LogP contribution < -0.4 is 5.73 Å². The number of nitrogens with zero attached hydrogens (tertiary/aromatic N) is 1. The van der Waals surface area contributed by atoms with Crippen LogP contribution in [0.4, 0.5) is 4.79 Å². The maximum Gasteiger partial charge on any atom is 0.409 e. The van der Waals surface area contributed by atoms with Crippen LogP contribution in [0.1, 0.15) is 0 Å². The smallest absolute Gasteiger partial charge is 0.409 e. The predicted octanol–water partition coefficient (Wildman–Crippen LogP) is 1.38. The molecule has 0 aromatic rings. The molecule has 2 aliphatic heterocycles. The van der Waals surface area contributed by atoms with Crippen LogP contribution in [0.5, 0.6) is 0 Å². The van der Waals surface area contributed by atoms with Gasteiger partial charge in [0.2, 0.25) is 0 Å². The summed E-state index contributed by atoms with van der Waals surface area (Å²) in [6.45, 7) is 0.290. The highest BCUT2D eigenvalue weighted by Crippen LogP contribution is 2.26. The van der Waals surface area contributed by atoms with E-state index in [2.05, 4.69) is 0 Å². The number of aldehydes is 1. The first-order valence-electron chi connectivity index (χ1n) is 4.79. The fourth-order valence-electron chi connectivity index (χ4n) is 1.58. The van der Waals surface area contributed by atoms with Gasteiger partial charge in [0.1, 0.15) is 5.76 Å². The average Bonchev–Trinajstić information content (AvgIpc) is 2.28. The second kappa shape index (κ2) is 4.47. The molecule has 5 nitrogen and oxygen atoms in total. The van der Waals surface area contributed by atoms with Crippen molar-refractivity contribution in [3.05, 3.63) is 46.5 Å². The molecule has 0 saturated carbocycles. The van der Waals surface area contributed by atoms with Gasteiger partial charge in [-0.3, -0.25) is 4.79 Å². The number of primary amides is 1. The van der Waals surface area contributed by atoms with Gasteiger partial charge in [0.15, 0.2) is 6.29 Å². The van der Waals surface area contributed by atoms with Crippen molar-refractivity contribution in [2.45, 2.75) is 0 Å². The number of nitrogens with two attached hydrogens (primary N) is 1. The molecule has 0 saturated heterocycles. The first-order valence-corrected chi connectivity index (χ1v) is 5.17. The SMILES string of the molecule is NC(=O)OC1=C(C=O)CN2C=C(Cl)C=CC2=C1. The summed E-state index contributed by atoms with van der Waals surface area (Å²) in [5.41, 5.74) is 6.04. The Kier molecular flexibility index (Phi) is 3.01. The van der Waals surface area contributed by atoms with Crippen LogP contribution in [0.25, 0.3) is 0 Å². The molecule has 0 spiro atoms. The van der Waals surface area contributed by atoms with Crippen LogP contribution >= 0.6 is 11.6 Å². The number of fused-ring (bicyclic) bond motifs is 1. The van der Waals surface area contributed by atoms with Gasteiger partial charge in [-0.25, -0.2) is 4.79 Å². The molecule has 0 aromatic carbocycles. The van der Waals surface area contributed by atoms with E-state index in [1.165, 1.54) is 0 Å². The molecule has 2 aliphatic rings. The third kappa shape index (κ3) is 2.39. The number of hydrogen-bond donors (Lipinski definition) is 1. The van der Waals surface area contributed by atoms with Crippen molar-refractivity contribution in [1.82, 2.24) is 4.90 Å². The van der Waals surface area contributed by atoms with E-state index in [0.717, 1.165) is 5.70 Å². The Morgan fingerprint density at radius 2 is 2.29 bits per heavy atom. The highest BCUT2D eigenvalue weighted by Gasteiger charge is 2.21. The van der Waals surface area contributed by atoms with E-state index in [-0.39, 0.29) is 5.76 Å². The van der Waals surface area contributed by atoms with E-state index in [1.54, 1.807) is 29.3 Å². The number of carbonyl (C=O) groups excluding carboxylic acids is 2. The molecule has 2 N–H and O–H groups in total. The van der Waals surface area contributed by atoms with Crippen molar-refractivity contribution >= 4 is 24.0 Å². The number of carbonyl (C=O) groups is 2. The highest BCUT2D eigenvalue weighted by atomic mass is 35.5. The Morgan fingerprint density at radius 1 is 1.53 bits per heavy atom. The largest absolute Gasteiger partial charge is 0.410 e. The molecular formula is C11H9ClN2O3. The van der Waals surface area contributed by atoms with Gasteiger partial charge >= 0.3 is 6.09 Å². The first-order chi connectivity index (χ1) is 8.10. The van der Waals surface area contributed by atoms with Gasteiger partial charge in [-0.1, -0.05) is 11.6 Å². The Bertz CT molecular complexity index is 503. The summed E-state index contributed by atoms with van der Waals surface area (Å²) >= 11 is 5.84. The summed E-state index contributed by atoms with van der Waals surface area (Å²) in [4.78, 5) is 23.4. The number of ether oxygens (including phenoxy) is 1. The third-order valence-electron chi connectivity index (χ3n) is 2.31. The number of amides is 1. The summed E-state index contributed by atoms with van der Waals surface area (Å²) in [5.74, 6) is 0.176. The minimum Gasteiger partial charge on any atom is -0.410 e. The molecule has 6 heteroatoms. The van der Waals surface area contributed by atoms with Crippen LogP contribution in [0, 0.1) is 0 Å². The molecule has 88 valence electrons. The Balaban J connectivity index is 2.34. The minimum absolute atomic E-state index is 0.176. The zero-order valence-electron chi connectivity index (χ0n) is 8.72. The van der Waals surface area contributed by atoms with E-state index in [4.69, 9.17) is 22.1 Å². The summed E-state index contributed by atoms with van der Waals surface area (Å²) < 4.78 is 4.77. The van der Waals surface area contributed by atoms with E-state index in [9.17, 15) is 9.59 Å². The number of halogens is 1. The molecular weight excluding hydrogens is 244 g/mol. The second-order valence-electron chi connectivity index (χ2n) is 3.47. The fourth-order valence-corrected chi connectivity index (χ4v) is 1.76. The normalized spacial score (nSPS) is 18.3. The van der Waals surface area contributed by atoms with Crippen LogP contribution in [-0.4, -0.2) is 23.8 Å². The first kappa shape index (κ1) is 11.5. The molecule has 17 heavy (non-hydrogen) atoms.